The molecule has 1 aromatic rings. The summed E-state index contributed by atoms with van der Waals surface area (Å²) in [7, 11) is 0. The minimum atomic E-state index is 0.126. The summed E-state index contributed by atoms with van der Waals surface area (Å²) in [6, 6.07) is 0. The monoisotopic (exact) mass is 231 g/mol. The molecule has 0 aliphatic heterocycles. The minimum Gasteiger partial charge on any atom is -0.306 e. The Bertz CT molecular complexity index is 334. The lowest BCUT2D eigenvalue weighted by Gasteiger charge is -2.29. The second kappa shape index (κ2) is 4.53. The van der Waals surface area contributed by atoms with Gasteiger partial charge >= 0.3 is 4.87 Å². The van der Waals surface area contributed by atoms with Gasteiger partial charge in [-0.1, -0.05) is 32.1 Å². The topological polar surface area (TPSA) is 22.0 Å². The first-order valence-corrected chi connectivity index (χ1v) is 6.21. The smallest absolute Gasteiger partial charge is 0.306 e. The van der Waals surface area contributed by atoms with Gasteiger partial charge in [-0.25, -0.2) is 0 Å². The van der Waals surface area contributed by atoms with Crippen LogP contribution in [0.1, 0.15) is 20.8 Å². The van der Waals surface area contributed by atoms with Crippen molar-refractivity contribution in [1.29, 1.82) is 0 Å². The Morgan fingerprint density at radius 1 is 1.57 bits per heavy atom. The second-order valence-corrected chi connectivity index (χ2v) is 5.79. The molecule has 80 valence electrons. The van der Waals surface area contributed by atoms with E-state index in [-0.39, 0.29) is 10.3 Å². The van der Waals surface area contributed by atoms with E-state index in [9.17, 15) is 4.79 Å². The zero-order valence-corrected chi connectivity index (χ0v) is 10.6. The van der Waals surface area contributed by atoms with E-state index in [1.807, 2.05) is 11.6 Å². The van der Waals surface area contributed by atoms with Gasteiger partial charge in [0.1, 0.15) is 0 Å². The first kappa shape index (κ1) is 11.9. The fourth-order valence-electron chi connectivity index (χ4n) is 1.27. The maximum atomic E-state index is 11.4. The molecule has 1 unspecified atom stereocenters. The fourth-order valence-corrected chi connectivity index (χ4v) is 2.53. The van der Waals surface area contributed by atoms with Crippen molar-refractivity contribution in [3.63, 3.8) is 0 Å². The maximum Gasteiger partial charge on any atom is 0.307 e. The van der Waals surface area contributed by atoms with Crippen LogP contribution in [-0.4, -0.2) is 10.3 Å². The number of nitrogens with zero attached hydrogens (tertiary/aromatic N) is 1. The van der Waals surface area contributed by atoms with Crippen LogP contribution in [0.3, 0.4) is 0 Å². The molecule has 0 fully saturated rings. The number of aromatic nitrogens is 1. The molecule has 0 radical (unpaired) electrons. The SMILES string of the molecule is CC(C)(C)C(CS)Cn1ccsc1=O. The van der Waals surface area contributed by atoms with Gasteiger partial charge in [0, 0.05) is 18.1 Å². The van der Waals surface area contributed by atoms with E-state index < -0.39 is 0 Å². The molecular formula is C10H17NOS2. The zero-order valence-electron chi connectivity index (χ0n) is 8.86. The van der Waals surface area contributed by atoms with Gasteiger partial charge in [0.2, 0.25) is 0 Å². The summed E-state index contributed by atoms with van der Waals surface area (Å²) < 4.78 is 1.77. The Hall–Kier alpha value is -0.220. The van der Waals surface area contributed by atoms with Gasteiger partial charge in [-0.2, -0.15) is 12.6 Å². The van der Waals surface area contributed by atoms with E-state index in [0.717, 1.165) is 12.3 Å². The minimum absolute atomic E-state index is 0.126. The van der Waals surface area contributed by atoms with Crippen molar-refractivity contribution in [3.05, 3.63) is 21.2 Å². The number of hydrogen-bond acceptors (Lipinski definition) is 3. The lowest BCUT2D eigenvalue weighted by atomic mass is 9.82. The maximum absolute atomic E-state index is 11.4. The molecule has 0 saturated heterocycles. The Morgan fingerprint density at radius 3 is 2.57 bits per heavy atom. The molecule has 0 saturated carbocycles. The van der Waals surface area contributed by atoms with Crippen LogP contribution < -0.4 is 4.87 Å². The van der Waals surface area contributed by atoms with Gasteiger partial charge in [-0.05, 0) is 17.1 Å². The number of hydrogen-bond donors (Lipinski definition) is 1. The van der Waals surface area contributed by atoms with Crippen molar-refractivity contribution in [2.75, 3.05) is 5.75 Å². The van der Waals surface area contributed by atoms with E-state index in [1.165, 1.54) is 11.3 Å². The van der Waals surface area contributed by atoms with Crippen LogP contribution in [0.2, 0.25) is 0 Å². The van der Waals surface area contributed by atoms with Gasteiger partial charge in [0.15, 0.2) is 0 Å². The van der Waals surface area contributed by atoms with E-state index in [1.54, 1.807) is 4.57 Å². The second-order valence-electron chi connectivity index (χ2n) is 4.57. The fraction of sp³-hybridized carbons (Fsp3) is 0.700. The van der Waals surface area contributed by atoms with E-state index in [4.69, 9.17) is 0 Å². The van der Waals surface area contributed by atoms with Crippen LogP contribution in [0.25, 0.3) is 0 Å². The van der Waals surface area contributed by atoms with Crippen molar-refractivity contribution in [2.24, 2.45) is 11.3 Å². The first-order valence-electron chi connectivity index (χ1n) is 4.70. The summed E-state index contributed by atoms with van der Waals surface area (Å²) in [6.45, 7) is 7.33. The molecule has 1 aromatic heterocycles. The largest absolute Gasteiger partial charge is 0.307 e. The Labute approximate surface area is 94.4 Å². The van der Waals surface area contributed by atoms with Crippen molar-refractivity contribution in [2.45, 2.75) is 27.3 Å². The van der Waals surface area contributed by atoms with Crippen LogP contribution in [0.15, 0.2) is 16.4 Å². The Balaban J connectivity index is 2.77. The third kappa shape index (κ3) is 2.89. The molecule has 0 N–H and O–H groups in total. The molecule has 0 aromatic carbocycles. The summed E-state index contributed by atoms with van der Waals surface area (Å²) in [4.78, 5) is 11.5. The average molecular weight is 231 g/mol. The van der Waals surface area contributed by atoms with Crippen LogP contribution in [-0.2, 0) is 6.54 Å². The van der Waals surface area contributed by atoms with Gasteiger partial charge in [-0.15, -0.1) is 0 Å². The van der Waals surface area contributed by atoms with Gasteiger partial charge in [0.25, 0.3) is 0 Å². The Kier molecular flexibility index (Phi) is 3.84. The molecular weight excluding hydrogens is 214 g/mol. The quantitative estimate of drug-likeness (QED) is 0.793. The standard InChI is InChI=1S/C10H17NOS2/c1-10(2,3)8(7-13)6-11-4-5-14-9(11)12/h4-5,8,13H,6-7H2,1-3H3. The molecule has 14 heavy (non-hydrogen) atoms. The van der Waals surface area contributed by atoms with E-state index >= 15 is 0 Å². The molecule has 0 amide bonds. The van der Waals surface area contributed by atoms with Crippen molar-refractivity contribution in [1.82, 2.24) is 4.57 Å². The zero-order chi connectivity index (χ0) is 10.8. The summed E-state index contributed by atoms with van der Waals surface area (Å²) in [5.74, 6) is 1.24. The molecule has 4 heteroatoms. The third-order valence-electron chi connectivity index (χ3n) is 2.51. The molecule has 0 aliphatic rings. The van der Waals surface area contributed by atoms with Gasteiger partial charge in [0.05, 0.1) is 0 Å². The molecule has 0 spiro atoms. The van der Waals surface area contributed by atoms with Crippen LogP contribution in [0.5, 0.6) is 0 Å². The van der Waals surface area contributed by atoms with Crippen molar-refractivity contribution >= 4 is 24.0 Å². The lowest BCUT2D eigenvalue weighted by molar-refractivity contribution is 0.237. The van der Waals surface area contributed by atoms with Crippen LogP contribution in [0.4, 0.5) is 0 Å². The number of thiol groups is 1. The van der Waals surface area contributed by atoms with Gasteiger partial charge < -0.3 is 4.57 Å². The highest BCUT2D eigenvalue weighted by atomic mass is 32.1. The normalized spacial score (nSPS) is 14.3. The molecule has 0 aliphatic carbocycles. The lowest BCUT2D eigenvalue weighted by Crippen LogP contribution is -2.29. The van der Waals surface area contributed by atoms with E-state index in [0.29, 0.717) is 5.92 Å². The van der Waals surface area contributed by atoms with Crippen molar-refractivity contribution in [3.8, 4) is 0 Å². The van der Waals surface area contributed by atoms with Gasteiger partial charge in [-0.3, -0.25) is 4.79 Å². The highest BCUT2D eigenvalue weighted by molar-refractivity contribution is 7.80. The van der Waals surface area contributed by atoms with Crippen LogP contribution >= 0.6 is 24.0 Å². The molecule has 1 rings (SSSR count). The number of rotatable bonds is 3. The Morgan fingerprint density at radius 2 is 2.21 bits per heavy atom. The summed E-state index contributed by atoms with van der Waals surface area (Å²) >= 11 is 5.59. The summed E-state index contributed by atoms with van der Waals surface area (Å²) in [6.07, 6.45) is 1.86. The molecule has 1 atom stereocenters. The summed E-state index contributed by atoms with van der Waals surface area (Å²) in [5.41, 5.74) is 0.198. The van der Waals surface area contributed by atoms with E-state index in [2.05, 4.69) is 33.4 Å². The molecule has 2 nitrogen and oxygen atoms in total. The van der Waals surface area contributed by atoms with Crippen molar-refractivity contribution < 1.29 is 0 Å². The number of thiazole rings is 1. The third-order valence-corrected chi connectivity index (χ3v) is 3.64. The highest BCUT2D eigenvalue weighted by Gasteiger charge is 2.23. The average Bonchev–Trinajstić information content (AvgIpc) is 2.45. The highest BCUT2D eigenvalue weighted by Crippen LogP contribution is 2.27. The summed E-state index contributed by atoms with van der Waals surface area (Å²) in [5, 5.41) is 1.83. The first-order chi connectivity index (χ1) is 6.45. The predicted octanol–water partition coefficient (Wildman–Crippen LogP) is 2.50. The molecule has 1 heterocycles. The van der Waals surface area contributed by atoms with Crippen LogP contribution in [0, 0.1) is 11.3 Å². The molecule has 0 bridgehead atoms. The predicted molar refractivity (Wildman–Crippen MR) is 65.4 cm³/mol.